The van der Waals surface area contributed by atoms with Gasteiger partial charge in [0.05, 0.1) is 5.41 Å². The molecule has 3 unspecified atom stereocenters. The Balaban J connectivity index is 0.951. The second kappa shape index (κ2) is 14.8. The molecule has 73 heavy (non-hydrogen) atoms. The summed E-state index contributed by atoms with van der Waals surface area (Å²) < 4.78 is 13.3. The summed E-state index contributed by atoms with van der Waals surface area (Å²) in [6.45, 7) is 4.74. The number of anilines is 3. The zero-order chi connectivity index (χ0) is 48.2. The Morgan fingerprint density at radius 1 is 0.411 bits per heavy atom. The largest absolute Gasteiger partial charge is 0.485 e. The molecule has 0 fully saturated rings. The van der Waals surface area contributed by atoms with Gasteiger partial charge in [0.15, 0.2) is 0 Å². The molecule has 2 heterocycles. The Morgan fingerprint density at radius 2 is 1.01 bits per heavy atom. The number of rotatable bonds is 5. The van der Waals surface area contributed by atoms with Crippen LogP contribution in [0.3, 0.4) is 0 Å². The highest BCUT2D eigenvalue weighted by Crippen LogP contribution is 2.65. The summed E-state index contributed by atoms with van der Waals surface area (Å²) in [4.78, 5) is 2.48. The van der Waals surface area contributed by atoms with Crippen LogP contribution in [0.25, 0.3) is 77.6 Å². The highest BCUT2D eigenvalue weighted by atomic mass is 16.5. The van der Waals surface area contributed by atoms with E-state index in [1.165, 1.54) is 89.0 Å². The van der Waals surface area contributed by atoms with Crippen molar-refractivity contribution in [1.82, 2.24) is 0 Å². The van der Waals surface area contributed by atoms with E-state index < -0.39 is 5.41 Å². The standard InChI is InChI=1S/C70H47NO2/c1-69(2)57-20-10-6-16-49(57)51-34-30-47(40-60(51)69)71(46-28-24-43(25-29-46)42-14-4-3-5-15-42)48-31-35-55-62(41-48)70(59-36-37-65-68(67(55)59)56-19-9-13-23-64(56)72-65)58-21-11-7-17-50(58)52-32-26-44(38-61(52)70)45-27-33-54-53-18-8-12-22-63(53)73-66(54)39-45/h3-41,53,63H,1-2H3. The van der Waals surface area contributed by atoms with Gasteiger partial charge in [0, 0.05) is 44.7 Å². The fourth-order valence-corrected chi connectivity index (χ4v) is 13.7. The molecule has 0 bridgehead atoms. The second-order valence-corrected chi connectivity index (χ2v) is 21.0. The minimum absolute atomic E-state index is 0.0329. The predicted octanol–water partition coefficient (Wildman–Crippen LogP) is 18.0. The Hall–Kier alpha value is -8.92. The van der Waals surface area contributed by atoms with Gasteiger partial charge in [0.2, 0.25) is 0 Å². The lowest BCUT2D eigenvalue weighted by Gasteiger charge is -2.33. The van der Waals surface area contributed by atoms with Crippen LogP contribution in [0.4, 0.5) is 17.1 Å². The molecule has 3 heteroatoms. The third-order valence-corrected chi connectivity index (χ3v) is 17.0. The number of furan rings is 1. The van der Waals surface area contributed by atoms with E-state index in [9.17, 15) is 0 Å². The van der Waals surface area contributed by atoms with Crippen LogP contribution in [0, 0.1) is 0 Å². The Morgan fingerprint density at radius 3 is 1.86 bits per heavy atom. The molecule has 5 aliphatic rings. The first kappa shape index (κ1) is 40.8. The fraction of sp³-hybridized carbons (Fsp3) is 0.0857. The van der Waals surface area contributed by atoms with E-state index in [0.29, 0.717) is 0 Å². The summed E-state index contributed by atoms with van der Waals surface area (Å²) in [5.74, 6) is 1.21. The molecule has 1 aromatic heterocycles. The Kier molecular flexibility index (Phi) is 8.28. The molecule has 11 aromatic rings. The topological polar surface area (TPSA) is 25.6 Å². The number of fused-ring (bicyclic) bond motifs is 20. The fourth-order valence-electron chi connectivity index (χ4n) is 13.7. The van der Waals surface area contributed by atoms with Gasteiger partial charge in [0.25, 0.3) is 0 Å². The summed E-state index contributed by atoms with van der Waals surface area (Å²) in [5.41, 5.74) is 25.7. The van der Waals surface area contributed by atoms with Gasteiger partial charge in [-0.25, -0.2) is 0 Å². The van der Waals surface area contributed by atoms with Gasteiger partial charge in [0.1, 0.15) is 23.0 Å². The van der Waals surface area contributed by atoms with Crippen LogP contribution in [0.2, 0.25) is 0 Å². The van der Waals surface area contributed by atoms with E-state index in [4.69, 9.17) is 9.15 Å². The number of hydrogen-bond donors (Lipinski definition) is 0. The first-order valence-electron chi connectivity index (χ1n) is 25.6. The van der Waals surface area contributed by atoms with Crippen molar-refractivity contribution in [3.05, 3.63) is 276 Å². The number of allylic oxidation sites excluding steroid dienone is 2. The SMILES string of the molecule is CC1(C)c2ccccc2-c2ccc(N(c3ccc(-c4ccccc4)cc3)c3ccc4c(c3)C3(c5ccccc5-c5ccc(-c6ccc7c(c6)OC6C=CC=CC76)cc53)c3ccc5oc6ccccc6c5c3-4)cc21. The molecule has 10 aromatic carbocycles. The van der Waals surface area contributed by atoms with E-state index >= 15 is 0 Å². The lowest BCUT2D eigenvalue weighted by Crippen LogP contribution is -2.26. The van der Waals surface area contributed by atoms with Gasteiger partial charge in [-0.05, 0) is 156 Å². The molecule has 16 rings (SSSR count). The van der Waals surface area contributed by atoms with Gasteiger partial charge in [-0.2, -0.15) is 0 Å². The molecule has 1 aliphatic heterocycles. The number of nitrogens with zero attached hydrogens (tertiary/aromatic N) is 1. The third kappa shape index (κ3) is 5.54. The van der Waals surface area contributed by atoms with Crippen LogP contribution in [-0.2, 0) is 10.8 Å². The first-order chi connectivity index (χ1) is 35.9. The Labute approximate surface area is 424 Å². The van der Waals surface area contributed by atoms with Crippen molar-refractivity contribution >= 4 is 39.0 Å². The Bertz CT molecular complexity index is 4230. The minimum atomic E-state index is -0.655. The molecule has 344 valence electrons. The summed E-state index contributed by atoms with van der Waals surface area (Å²) in [6.07, 6.45) is 8.71. The minimum Gasteiger partial charge on any atom is -0.485 e. The molecule has 0 saturated carbocycles. The van der Waals surface area contributed by atoms with Crippen LogP contribution in [0.5, 0.6) is 5.75 Å². The molecule has 0 saturated heterocycles. The number of ether oxygens (including phenoxy) is 1. The molecule has 3 nitrogen and oxygen atoms in total. The summed E-state index contributed by atoms with van der Waals surface area (Å²) in [5, 5.41) is 2.29. The van der Waals surface area contributed by atoms with Crippen molar-refractivity contribution in [2.45, 2.75) is 36.7 Å². The average Bonchev–Trinajstić information content (AvgIpc) is 4.26. The van der Waals surface area contributed by atoms with Crippen molar-refractivity contribution < 1.29 is 9.15 Å². The van der Waals surface area contributed by atoms with E-state index in [2.05, 4.69) is 255 Å². The van der Waals surface area contributed by atoms with Crippen LogP contribution in [-0.4, -0.2) is 6.10 Å². The lowest BCUT2D eigenvalue weighted by atomic mass is 9.70. The maximum atomic E-state index is 6.70. The molecule has 1 spiro atoms. The smallest absolute Gasteiger partial charge is 0.136 e. The van der Waals surface area contributed by atoms with E-state index in [1.807, 2.05) is 0 Å². The summed E-state index contributed by atoms with van der Waals surface area (Å²) >= 11 is 0. The maximum absolute atomic E-state index is 6.70. The summed E-state index contributed by atoms with van der Waals surface area (Å²) in [6, 6.07) is 79.4. The van der Waals surface area contributed by atoms with Gasteiger partial charge < -0.3 is 14.1 Å². The van der Waals surface area contributed by atoms with Crippen molar-refractivity contribution in [1.29, 1.82) is 0 Å². The monoisotopic (exact) mass is 933 g/mol. The summed E-state index contributed by atoms with van der Waals surface area (Å²) in [7, 11) is 0. The van der Waals surface area contributed by atoms with E-state index in [1.54, 1.807) is 0 Å². The highest BCUT2D eigenvalue weighted by molar-refractivity contribution is 6.16. The van der Waals surface area contributed by atoms with Gasteiger partial charge in [-0.15, -0.1) is 0 Å². The van der Waals surface area contributed by atoms with Crippen LogP contribution < -0.4 is 9.64 Å². The van der Waals surface area contributed by atoms with Crippen molar-refractivity contribution in [3.8, 4) is 61.4 Å². The third-order valence-electron chi connectivity index (χ3n) is 17.0. The van der Waals surface area contributed by atoms with Crippen molar-refractivity contribution in [2.75, 3.05) is 4.90 Å². The zero-order valence-corrected chi connectivity index (χ0v) is 40.4. The zero-order valence-electron chi connectivity index (χ0n) is 40.4. The molecule has 0 amide bonds. The second-order valence-electron chi connectivity index (χ2n) is 21.0. The van der Waals surface area contributed by atoms with Gasteiger partial charge in [-0.1, -0.05) is 184 Å². The number of benzene rings is 10. The molecule has 0 N–H and O–H groups in total. The molecular weight excluding hydrogens is 887 g/mol. The predicted molar refractivity (Wildman–Crippen MR) is 299 cm³/mol. The molecule has 3 atom stereocenters. The van der Waals surface area contributed by atoms with E-state index in [-0.39, 0.29) is 17.4 Å². The van der Waals surface area contributed by atoms with Crippen LogP contribution >= 0.6 is 0 Å². The van der Waals surface area contributed by atoms with Crippen LogP contribution in [0.15, 0.2) is 241 Å². The molecule has 4 aliphatic carbocycles. The van der Waals surface area contributed by atoms with Crippen molar-refractivity contribution in [2.24, 2.45) is 0 Å². The lowest BCUT2D eigenvalue weighted by molar-refractivity contribution is 0.269. The quantitative estimate of drug-likeness (QED) is 0.172. The number of para-hydroxylation sites is 1. The first-order valence-corrected chi connectivity index (χ1v) is 25.6. The normalized spacial score (nSPS) is 18.4. The van der Waals surface area contributed by atoms with Crippen molar-refractivity contribution in [3.63, 3.8) is 0 Å². The average molecular weight is 934 g/mol. The van der Waals surface area contributed by atoms with E-state index in [0.717, 1.165) is 50.3 Å². The van der Waals surface area contributed by atoms with Crippen LogP contribution in [0.1, 0.15) is 58.7 Å². The number of hydrogen-bond acceptors (Lipinski definition) is 3. The molecule has 0 radical (unpaired) electrons. The van der Waals surface area contributed by atoms with Gasteiger partial charge in [-0.3, -0.25) is 0 Å². The molecular formula is C70H47NO2. The highest BCUT2D eigenvalue weighted by Gasteiger charge is 2.53. The maximum Gasteiger partial charge on any atom is 0.136 e. The van der Waals surface area contributed by atoms with Gasteiger partial charge >= 0.3 is 0 Å².